The zero-order chi connectivity index (χ0) is 16.7. The third-order valence-electron chi connectivity index (χ3n) is 4.84. The van der Waals surface area contributed by atoms with Crippen LogP contribution in [0, 0.1) is 5.92 Å². The maximum absolute atomic E-state index is 13.0. The van der Waals surface area contributed by atoms with Crippen LogP contribution in [0.1, 0.15) is 39.1 Å². The number of rotatable bonds is 2. The van der Waals surface area contributed by atoms with Crippen LogP contribution in [0.3, 0.4) is 0 Å². The number of hydrogen-bond acceptors (Lipinski definition) is 3. The Labute approximate surface area is 140 Å². The van der Waals surface area contributed by atoms with Crippen LogP contribution >= 0.6 is 0 Å². The monoisotopic (exact) mass is 316 g/mol. The van der Waals surface area contributed by atoms with E-state index in [1.165, 1.54) is 0 Å². The summed E-state index contributed by atoms with van der Waals surface area (Å²) in [6.07, 6.45) is 1.01. The SMILES string of the molecule is O=C1CC2=C(C(=O)c3ccccc3C2=O)C(Cc2ccccc2)C1. The molecule has 0 bridgehead atoms. The molecule has 0 spiro atoms. The van der Waals surface area contributed by atoms with Gasteiger partial charge in [0.15, 0.2) is 11.6 Å². The highest BCUT2D eigenvalue weighted by molar-refractivity contribution is 6.28. The lowest BCUT2D eigenvalue weighted by atomic mass is 9.70. The van der Waals surface area contributed by atoms with Crippen molar-refractivity contribution in [1.29, 1.82) is 0 Å². The van der Waals surface area contributed by atoms with Crippen LogP contribution < -0.4 is 0 Å². The average Bonchev–Trinajstić information content (AvgIpc) is 2.60. The highest BCUT2D eigenvalue weighted by atomic mass is 16.1. The van der Waals surface area contributed by atoms with E-state index in [0.717, 1.165) is 5.56 Å². The molecule has 2 aliphatic rings. The number of benzene rings is 2. The fraction of sp³-hybridized carbons (Fsp3) is 0.190. The molecule has 3 nitrogen and oxygen atoms in total. The van der Waals surface area contributed by atoms with E-state index in [9.17, 15) is 14.4 Å². The maximum atomic E-state index is 13.0. The molecule has 0 amide bonds. The third-order valence-corrected chi connectivity index (χ3v) is 4.84. The minimum Gasteiger partial charge on any atom is -0.299 e. The molecule has 118 valence electrons. The van der Waals surface area contributed by atoms with E-state index in [1.54, 1.807) is 24.3 Å². The first-order chi connectivity index (χ1) is 11.6. The van der Waals surface area contributed by atoms with Gasteiger partial charge in [0.1, 0.15) is 5.78 Å². The van der Waals surface area contributed by atoms with Gasteiger partial charge in [-0.05, 0) is 17.9 Å². The van der Waals surface area contributed by atoms with Crippen LogP contribution in [0.15, 0.2) is 65.7 Å². The predicted octanol–water partition coefficient (Wildman–Crippen LogP) is 3.58. The molecular weight excluding hydrogens is 300 g/mol. The highest BCUT2D eigenvalue weighted by Crippen LogP contribution is 2.38. The quantitative estimate of drug-likeness (QED) is 0.851. The summed E-state index contributed by atoms with van der Waals surface area (Å²) in [5, 5.41) is 0. The molecule has 0 aromatic heterocycles. The van der Waals surface area contributed by atoms with Gasteiger partial charge in [-0.15, -0.1) is 0 Å². The summed E-state index contributed by atoms with van der Waals surface area (Å²) in [6.45, 7) is 0. The van der Waals surface area contributed by atoms with Gasteiger partial charge in [0.2, 0.25) is 0 Å². The van der Waals surface area contributed by atoms with Gasteiger partial charge in [0.25, 0.3) is 0 Å². The molecule has 0 aliphatic heterocycles. The molecule has 0 radical (unpaired) electrons. The van der Waals surface area contributed by atoms with Gasteiger partial charge >= 0.3 is 0 Å². The molecule has 0 heterocycles. The lowest BCUT2D eigenvalue weighted by molar-refractivity contribution is -0.119. The number of hydrogen-bond donors (Lipinski definition) is 0. The number of Topliss-reactive ketones (excluding diaryl/α,β-unsaturated/α-hetero) is 3. The minimum atomic E-state index is -0.214. The van der Waals surface area contributed by atoms with Gasteiger partial charge < -0.3 is 0 Å². The number of carbonyl (C=O) groups excluding carboxylic acids is 3. The standard InChI is InChI=1S/C21H16O3/c22-15-11-14(10-13-6-2-1-3-7-13)19-18(12-15)20(23)16-8-4-5-9-17(16)21(19)24/h1-9,14H,10-12H2. The van der Waals surface area contributed by atoms with Crippen molar-refractivity contribution < 1.29 is 14.4 Å². The number of ketones is 3. The Hall–Kier alpha value is -2.81. The Balaban J connectivity index is 1.80. The molecule has 3 heteroatoms. The zero-order valence-corrected chi connectivity index (χ0v) is 13.1. The van der Waals surface area contributed by atoms with Gasteiger partial charge in [-0.25, -0.2) is 0 Å². The van der Waals surface area contributed by atoms with E-state index in [2.05, 4.69) is 0 Å². The van der Waals surface area contributed by atoms with Crippen LogP contribution in [0.2, 0.25) is 0 Å². The molecular formula is C21H16O3. The highest BCUT2D eigenvalue weighted by Gasteiger charge is 2.39. The van der Waals surface area contributed by atoms with Gasteiger partial charge in [-0.2, -0.15) is 0 Å². The second-order valence-corrected chi connectivity index (χ2v) is 6.40. The van der Waals surface area contributed by atoms with Crippen LogP contribution in [0.4, 0.5) is 0 Å². The van der Waals surface area contributed by atoms with Crippen molar-refractivity contribution in [1.82, 2.24) is 0 Å². The Kier molecular flexibility index (Phi) is 3.49. The van der Waals surface area contributed by atoms with Crippen molar-refractivity contribution in [3.63, 3.8) is 0 Å². The topological polar surface area (TPSA) is 51.2 Å². The first-order valence-electron chi connectivity index (χ1n) is 8.12. The Morgan fingerprint density at radius 2 is 1.42 bits per heavy atom. The lowest BCUT2D eigenvalue weighted by Crippen LogP contribution is -2.33. The second kappa shape index (κ2) is 5.68. The van der Waals surface area contributed by atoms with Crippen LogP contribution in [-0.4, -0.2) is 17.3 Å². The molecule has 2 aliphatic carbocycles. The molecule has 1 atom stereocenters. The van der Waals surface area contributed by atoms with Gasteiger partial charge in [0, 0.05) is 35.1 Å². The van der Waals surface area contributed by atoms with E-state index in [0.29, 0.717) is 35.1 Å². The van der Waals surface area contributed by atoms with Crippen molar-refractivity contribution in [3.8, 4) is 0 Å². The molecule has 0 saturated heterocycles. The summed E-state index contributed by atoms with van der Waals surface area (Å²) in [5.74, 6) is -0.427. The lowest BCUT2D eigenvalue weighted by Gasteiger charge is -2.30. The van der Waals surface area contributed by atoms with Crippen molar-refractivity contribution >= 4 is 17.3 Å². The number of allylic oxidation sites excluding steroid dienone is 2. The Morgan fingerprint density at radius 3 is 2.12 bits per heavy atom. The fourth-order valence-corrected chi connectivity index (χ4v) is 3.77. The minimum absolute atomic E-state index is 0.0372. The molecule has 2 aromatic rings. The first kappa shape index (κ1) is 14.8. The Bertz CT molecular complexity index is 890. The van der Waals surface area contributed by atoms with E-state index >= 15 is 0 Å². The van der Waals surface area contributed by atoms with Crippen molar-refractivity contribution in [3.05, 3.63) is 82.4 Å². The van der Waals surface area contributed by atoms with Crippen molar-refractivity contribution in [2.45, 2.75) is 19.3 Å². The van der Waals surface area contributed by atoms with E-state index in [4.69, 9.17) is 0 Å². The van der Waals surface area contributed by atoms with Crippen LogP contribution in [0.5, 0.6) is 0 Å². The third kappa shape index (κ3) is 2.33. The van der Waals surface area contributed by atoms with Crippen LogP contribution in [0.25, 0.3) is 0 Å². The normalized spacial score (nSPS) is 20.0. The van der Waals surface area contributed by atoms with E-state index < -0.39 is 0 Å². The second-order valence-electron chi connectivity index (χ2n) is 6.40. The zero-order valence-electron chi connectivity index (χ0n) is 13.1. The Morgan fingerprint density at radius 1 is 0.792 bits per heavy atom. The summed E-state index contributed by atoms with van der Waals surface area (Å²) in [4.78, 5) is 37.9. The molecule has 2 aromatic carbocycles. The molecule has 0 N–H and O–H groups in total. The van der Waals surface area contributed by atoms with Gasteiger partial charge in [-0.1, -0.05) is 54.6 Å². The smallest absolute Gasteiger partial charge is 0.190 e. The van der Waals surface area contributed by atoms with Crippen LogP contribution in [-0.2, 0) is 11.2 Å². The molecule has 0 fully saturated rings. The predicted molar refractivity (Wildman–Crippen MR) is 90.0 cm³/mol. The van der Waals surface area contributed by atoms with E-state index in [1.807, 2.05) is 30.3 Å². The number of fused-ring (bicyclic) bond motifs is 1. The van der Waals surface area contributed by atoms with E-state index in [-0.39, 0.29) is 29.7 Å². The van der Waals surface area contributed by atoms with Crippen molar-refractivity contribution in [2.24, 2.45) is 5.92 Å². The first-order valence-corrected chi connectivity index (χ1v) is 8.12. The summed E-state index contributed by atoms with van der Waals surface area (Å²) in [7, 11) is 0. The average molecular weight is 316 g/mol. The summed E-state index contributed by atoms with van der Waals surface area (Å²) in [6, 6.07) is 16.7. The summed E-state index contributed by atoms with van der Waals surface area (Å²) in [5.41, 5.74) is 2.93. The largest absolute Gasteiger partial charge is 0.299 e. The summed E-state index contributed by atoms with van der Waals surface area (Å²) < 4.78 is 0. The molecule has 4 rings (SSSR count). The summed E-state index contributed by atoms with van der Waals surface area (Å²) >= 11 is 0. The van der Waals surface area contributed by atoms with Crippen molar-refractivity contribution in [2.75, 3.05) is 0 Å². The molecule has 24 heavy (non-hydrogen) atoms. The molecule has 1 unspecified atom stereocenters. The fourth-order valence-electron chi connectivity index (χ4n) is 3.77. The van der Waals surface area contributed by atoms with Gasteiger partial charge in [-0.3, -0.25) is 14.4 Å². The molecule has 0 saturated carbocycles. The van der Waals surface area contributed by atoms with Gasteiger partial charge in [0.05, 0.1) is 0 Å². The maximum Gasteiger partial charge on any atom is 0.190 e. The number of carbonyl (C=O) groups is 3.